The Balaban J connectivity index is 1.34. The third kappa shape index (κ3) is 5.09. The van der Waals surface area contributed by atoms with E-state index in [9.17, 15) is 17.6 Å². The Morgan fingerprint density at radius 2 is 1.75 bits per heavy atom. The maximum absolute atomic E-state index is 13.5. The maximum atomic E-state index is 13.5. The van der Waals surface area contributed by atoms with Crippen LogP contribution < -0.4 is 15.6 Å². The number of nitrogens with one attached hydrogen (secondary N) is 2. The van der Waals surface area contributed by atoms with Crippen LogP contribution in [0.15, 0.2) is 53.6 Å². The molecule has 0 spiro atoms. The largest absolute Gasteiger partial charge is 0.416 e. The molecule has 2 unspecified atom stereocenters. The molecule has 188 valence electrons. The minimum atomic E-state index is -4.44. The molecule has 36 heavy (non-hydrogen) atoms. The average molecular weight is 500 g/mol. The normalized spacial score (nSPS) is 20.4. The highest BCUT2D eigenvalue weighted by Gasteiger charge is 2.62. The van der Waals surface area contributed by atoms with Gasteiger partial charge < -0.3 is 10.2 Å². The van der Waals surface area contributed by atoms with Crippen LogP contribution in [0.25, 0.3) is 0 Å². The summed E-state index contributed by atoms with van der Waals surface area (Å²) in [6.07, 6.45) is -3.17. The van der Waals surface area contributed by atoms with E-state index in [1.54, 1.807) is 12.1 Å². The summed E-state index contributed by atoms with van der Waals surface area (Å²) in [6.45, 7) is 6.48. The second-order valence-corrected chi connectivity index (χ2v) is 9.70. The van der Waals surface area contributed by atoms with E-state index < -0.39 is 11.7 Å². The Hall–Kier alpha value is -3.76. The summed E-state index contributed by atoms with van der Waals surface area (Å²) in [7, 11) is 0. The highest BCUT2D eigenvalue weighted by Crippen LogP contribution is 2.62. The Kier molecular flexibility index (Phi) is 6.01. The predicted molar refractivity (Wildman–Crippen MR) is 129 cm³/mol. The van der Waals surface area contributed by atoms with Crippen molar-refractivity contribution in [3.05, 3.63) is 71.0 Å². The lowest BCUT2D eigenvalue weighted by Gasteiger charge is -2.22. The molecular weight excluding hydrogens is 474 g/mol. The van der Waals surface area contributed by atoms with Crippen molar-refractivity contribution in [3.63, 3.8) is 0 Å². The summed E-state index contributed by atoms with van der Waals surface area (Å²) < 4.78 is 52.4. The van der Waals surface area contributed by atoms with E-state index in [2.05, 4.69) is 49.5 Å². The molecule has 1 saturated heterocycles. The number of fused-ring (bicyclic) bond motifs is 1. The van der Waals surface area contributed by atoms with Crippen molar-refractivity contribution in [2.45, 2.75) is 26.6 Å². The number of nitrogens with zero attached hydrogens (tertiary/aromatic N) is 5. The molecule has 2 atom stereocenters. The number of alkyl halides is 3. The van der Waals surface area contributed by atoms with E-state index in [1.165, 1.54) is 30.5 Å². The van der Waals surface area contributed by atoms with E-state index in [4.69, 9.17) is 0 Å². The first-order valence-electron chi connectivity index (χ1n) is 11.6. The monoisotopic (exact) mass is 499 g/mol. The second kappa shape index (κ2) is 9.03. The zero-order valence-corrected chi connectivity index (χ0v) is 19.7. The predicted octanol–water partition coefficient (Wildman–Crippen LogP) is 5.18. The number of hydrogen-bond donors (Lipinski definition) is 2. The highest BCUT2D eigenvalue weighted by molar-refractivity contribution is 5.80. The van der Waals surface area contributed by atoms with Gasteiger partial charge in [-0.15, -0.1) is 0 Å². The van der Waals surface area contributed by atoms with Crippen molar-refractivity contribution in [2.24, 2.45) is 22.4 Å². The molecule has 1 saturated carbocycles. The minimum absolute atomic E-state index is 0.143. The molecule has 0 bridgehead atoms. The van der Waals surface area contributed by atoms with Crippen molar-refractivity contribution in [1.82, 2.24) is 15.0 Å². The highest BCUT2D eigenvalue weighted by atomic mass is 19.4. The zero-order chi connectivity index (χ0) is 25.5. The molecule has 2 N–H and O–H groups in total. The van der Waals surface area contributed by atoms with Crippen LogP contribution in [-0.4, -0.2) is 34.3 Å². The number of benzene rings is 2. The van der Waals surface area contributed by atoms with Gasteiger partial charge in [-0.05, 0) is 52.6 Å². The van der Waals surface area contributed by atoms with Gasteiger partial charge in [0.25, 0.3) is 0 Å². The second-order valence-electron chi connectivity index (χ2n) is 9.70. The quantitative estimate of drug-likeness (QED) is 0.265. The fourth-order valence-electron chi connectivity index (χ4n) is 4.72. The Morgan fingerprint density at radius 3 is 2.47 bits per heavy atom. The van der Waals surface area contributed by atoms with Crippen molar-refractivity contribution < 1.29 is 17.6 Å². The molecule has 2 aromatic carbocycles. The Bertz CT molecular complexity index is 1280. The van der Waals surface area contributed by atoms with Gasteiger partial charge >= 0.3 is 6.18 Å². The maximum Gasteiger partial charge on any atom is 0.416 e. The number of anilines is 3. The van der Waals surface area contributed by atoms with Gasteiger partial charge in [0.15, 0.2) is 0 Å². The number of rotatable bonds is 7. The molecule has 5 rings (SSSR count). The third-order valence-electron chi connectivity index (χ3n) is 6.96. The third-order valence-corrected chi connectivity index (χ3v) is 6.96. The minimum Gasteiger partial charge on any atom is -0.350 e. The smallest absolute Gasteiger partial charge is 0.350 e. The Labute approximate surface area is 205 Å². The summed E-state index contributed by atoms with van der Waals surface area (Å²) in [5.41, 5.74) is 3.26. The molecule has 11 heteroatoms. The molecule has 0 radical (unpaired) electrons. The van der Waals surface area contributed by atoms with Crippen LogP contribution in [0.2, 0.25) is 0 Å². The van der Waals surface area contributed by atoms with Crippen molar-refractivity contribution in [1.29, 1.82) is 0 Å². The van der Waals surface area contributed by atoms with Crippen LogP contribution in [0.4, 0.5) is 35.4 Å². The van der Waals surface area contributed by atoms with Gasteiger partial charge in [-0.2, -0.15) is 33.2 Å². The number of piperidine rings is 1. The SMILES string of the molecule is CC1(C)C2CN(c3nc(NCc4cccc(F)c4)nc(N/N=C/c4cccc(C(F)(F)F)c4)n3)CC21. The summed E-state index contributed by atoms with van der Waals surface area (Å²) in [4.78, 5) is 15.4. The molecule has 2 heterocycles. The first kappa shape index (κ1) is 24.0. The average Bonchev–Trinajstić information content (AvgIpc) is 3.15. The van der Waals surface area contributed by atoms with Crippen LogP contribution in [0, 0.1) is 23.1 Å². The van der Waals surface area contributed by atoms with E-state index in [-0.39, 0.29) is 23.3 Å². The first-order chi connectivity index (χ1) is 17.1. The molecule has 1 aliphatic heterocycles. The number of hydrazone groups is 1. The first-order valence-corrected chi connectivity index (χ1v) is 11.6. The van der Waals surface area contributed by atoms with Crippen molar-refractivity contribution in [2.75, 3.05) is 28.7 Å². The van der Waals surface area contributed by atoms with Crippen LogP contribution in [-0.2, 0) is 12.7 Å². The lowest BCUT2D eigenvalue weighted by atomic mass is 10.1. The fourth-order valence-corrected chi connectivity index (χ4v) is 4.72. The summed E-state index contributed by atoms with van der Waals surface area (Å²) >= 11 is 0. The summed E-state index contributed by atoms with van der Waals surface area (Å²) in [5, 5.41) is 7.12. The summed E-state index contributed by atoms with van der Waals surface area (Å²) in [5.74, 6) is 1.72. The fraction of sp³-hybridized carbons (Fsp3) is 0.360. The van der Waals surface area contributed by atoms with Crippen LogP contribution in [0.1, 0.15) is 30.5 Å². The van der Waals surface area contributed by atoms with Gasteiger partial charge in [0.1, 0.15) is 5.82 Å². The van der Waals surface area contributed by atoms with Gasteiger partial charge in [0, 0.05) is 19.6 Å². The van der Waals surface area contributed by atoms with Crippen molar-refractivity contribution in [3.8, 4) is 0 Å². The Morgan fingerprint density at radius 1 is 1.03 bits per heavy atom. The van der Waals surface area contributed by atoms with Gasteiger partial charge in [0.2, 0.25) is 17.8 Å². The van der Waals surface area contributed by atoms with Gasteiger partial charge in [-0.25, -0.2) is 9.82 Å². The van der Waals surface area contributed by atoms with Gasteiger partial charge in [0.05, 0.1) is 11.8 Å². The van der Waals surface area contributed by atoms with E-state index in [0.29, 0.717) is 29.7 Å². The topological polar surface area (TPSA) is 78.3 Å². The zero-order valence-electron chi connectivity index (χ0n) is 19.7. The van der Waals surface area contributed by atoms with E-state index >= 15 is 0 Å². The molecular formula is C25H25F4N7. The molecule has 1 aromatic heterocycles. The number of hydrogen-bond acceptors (Lipinski definition) is 7. The van der Waals surface area contributed by atoms with Crippen LogP contribution in [0.3, 0.4) is 0 Å². The van der Waals surface area contributed by atoms with Gasteiger partial charge in [-0.1, -0.05) is 38.1 Å². The van der Waals surface area contributed by atoms with Crippen molar-refractivity contribution >= 4 is 24.1 Å². The van der Waals surface area contributed by atoms with E-state index in [0.717, 1.165) is 30.8 Å². The molecule has 2 fully saturated rings. The molecule has 0 amide bonds. The number of halogens is 4. The van der Waals surface area contributed by atoms with E-state index in [1.807, 2.05) is 0 Å². The lowest BCUT2D eigenvalue weighted by Crippen LogP contribution is -2.28. The molecule has 3 aromatic rings. The molecule has 2 aliphatic rings. The molecule has 1 aliphatic carbocycles. The van der Waals surface area contributed by atoms with Crippen LogP contribution in [0.5, 0.6) is 0 Å². The standard InChI is InChI=1S/C25H25F4N7/c1-24(2)19-13-36(14-20(19)24)23-33-21(30-11-16-6-4-8-18(26)10-16)32-22(34-23)35-31-12-15-5-3-7-17(9-15)25(27,28)29/h3-10,12,19-20H,11,13-14H2,1-2H3,(H2,30,32,33,34,35)/b31-12+. The molecule has 7 nitrogen and oxygen atoms in total. The lowest BCUT2D eigenvalue weighted by molar-refractivity contribution is -0.137. The summed E-state index contributed by atoms with van der Waals surface area (Å²) in [6, 6.07) is 11.0. The number of aromatic nitrogens is 3. The van der Waals surface area contributed by atoms with Gasteiger partial charge in [-0.3, -0.25) is 0 Å². The van der Waals surface area contributed by atoms with Crippen LogP contribution >= 0.6 is 0 Å².